The highest BCUT2D eigenvalue weighted by Gasteiger charge is 2.37. The van der Waals surface area contributed by atoms with E-state index in [4.69, 9.17) is 21.6 Å². The SMILES string of the molecule is CC1(C)c2ccccc2-c2c(-c3nc(-c4ccccc4)nc(-c4ccc(Cl)cc4F)n3)cccc21. The van der Waals surface area contributed by atoms with Crippen LogP contribution in [0.3, 0.4) is 0 Å². The van der Waals surface area contributed by atoms with Crippen LogP contribution >= 0.6 is 11.6 Å². The third kappa shape index (κ3) is 3.53. The van der Waals surface area contributed by atoms with E-state index in [0.29, 0.717) is 16.7 Å². The highest BCUT2D eigenvalue weighted by atomic mass is 35.5. The molecule has 0 saturated heterocycles. The van der Waals surface area contributed by atoms with Gasteiger partial charge in [-0.2, -0.15) is 0 Å². The maximum absolute atomic E-state index is 14.9. The van der Waals surface area contributed by atoms with Crippen LogP contribution in [0.2, 0.25) is 5.02 Å². The number of fused-ring (bicyclic) bond motifs is 3. The minimum absolute atomic E-state index is 0.150. The summed E-state index contributed by atoms with van der Waals surface area (Å²) in [7, 11) is 0. The zero-order chi connectivity index (χ0) is 24.2. The molecule has 3 nitrogen and oxygen atoms in total. The maximum Gasteiger partial charge on any atom is 0.167 e. The first-order valence-corrected chi connectivity index (χ1v) is 11.8. The van der Waals surface area contributed by atoms with Gasteiger partial charge in [-0.3, -0.25) is 0 Å². The fraction of sp³-hybridized carbons (Fsp3) is 0.100. The number of aromatic nitrogens is 3. The summed E-state index contributed by atoms with van der Waals surface area (Å²) in [6.07, 6.45) is 0. The zero-order valence-electron chi connectivity index (χ0n) is 19.3. The number of halogens is 2. The van der Waals surface area contributed by atoms with E-state index < -0.39 is 5.82 Å². The van der Waals surface area contributed by atoms with E-state index in [0.717, 1.165) is 16.7 Å². The van der Waals surface area contributed by atoms with Crippen molar-refractivity contribution in [3.63, 3.8) is 0 Å². The second kappa shape index (κ2) is 8.10. The number of benzene rings is 4. The molecule has 1 aliphatic carbocycles. The van der Waals surface area contributed by atoms with Gasteiger partial charge in [0, 0.05) is 21.6 Å². The van der Waals surface area contributed by atoms with Crippen LogP contribution in [-0.4, -0.2) is 15.0 Å². The van der Waals surface area contributed by atoms with Crippen LogP contribution in [0.1, 0.15) is 25.0 Å². The monoisotopic (exact) mass is 477 g/mol. The first-order chi connectivity index (χ1) is 16.9. The molecule has 0 N–H and O–H groups in total. The van der Waals surface area contributed by atoms with Gasteiger partial charge in [-0.25, -0.2) is 19.3 Å². The predicted octanol–water partition coefficient (Wildman–Crippen LogP) is 7.97. The number of hydrogen-bond acceptors (Lipinski definition) is 3. The summed E-state index contributed by atoms with van der Waals surface area (Å²) in [6.45, 7) is 4.47. The van der Waals surface area contributed by atoms with E-state index in [2.05, 4.69) is 49.2 Å². The third-order valence-corrected chi connectivity index (χ3v) is 6.92. The molecule has 0 radical (unpaired) electrons. The quantitative estimate of drug-likeness (QED) is 0.264. The highest BCUT2D eigenvalue weighted by Crippen LogP contribution is 2.51. The molecule has 4 aromatic carbocycles. The van der Waals surface area contributed by atoms with Gasteiger partial charge in [-0.05, 0) is 40.5 Å². The van der Waals surface area contributed by atoms with E-state index in [1.165, 1.54) is 22.8 Å². The Kier molecular flexibility index (Phi) is 5.01. The lowest BCUT2D eigenvalue weighted by Gasteiger charge is -2.21. The van der Waals surface area contributed by atoms with Gasteiger partial charge in [0.1, 0.15) is 5.82 Å². The molecule has 0 fully saturated rings. The van der Waals surface area contributed by atoms with Crippen LogP contribution < -0.4 is 0 Å². The lowest BCUT2D eigenvalue weighted by Crippen LogP contribution is -2.14. The summed E-state index contributed by atoms with van der Waals surface area (Å²) in [5, 5.41) is 0.323. The lowest BCUT2D eigenvalue weighted by atomic mass is 9.82. The second-order valence-electron chi connectivity index (χ2n) is 9.20. The van der Waals surface area contributed by atoms with Crippen molar-refractivity contribution in [2.75, 3.05) is 0 Å². The van der Waals surface area contributed by atoms with Gasteiger partial charge < -0.3 is 0 Å². The van der Waals surface area contributed by atoms with Crippen molar-refractivity contribution in [3.8, 4) is 45.3 Å². The van der Waals surface area contributed by atoms with Crippen molar-refractivity contribution < 1.29 is 4.39 Å². The van der Waals surface area contributed by atoms with E-state index in [1.54, 1.807) is 12.1 Å². The van der Waals surface area contributed by atoms with Crippen LogP contribution in [0.15, 0.2) is 91.0 Å². The molecular weight excluding hydrogens is 457 g/mol. The number of rotatable bonds is 3. The Morgan fingerprint density at radius 2 is 1.26 bits per heavy atom. The molecule has 0 spiro atoms. The zero-order valence-corrected chi connectivity index (χ0v) is 20.0. The second-order valence-corrected chi connectivity index (χ2v) is 9.63. The Balaban J connectivity index is 1.64. The molecule has 0 saturated carbocycles. The molecule has 0 unspecified atom stereocenters. The molecule has 0 atom stereocenters. The molecule has 6 rings (SSSR count). The number of nitrogens with zero attached hydrogens (tertiary/aromatic N) is 3. The lowest BCUT2D eigenvalue weighted by molar-refractivity contribution is 0.630. The standard InChI is InChI=1S/C30H21ClFN3/c1-30(2)23-13-7-6-11-20(23)26-22(12-8-14-24(26)30)29-34-27(18-9-4-3-5-10-18)33-28(35-29)21-16-15-19(31)17-25(21)32/h3-17H,1-2H3. The Labute approximate surface area is 208 Å². The summed E-state index contributed by atoms with van der Waals surface area (Å²) >= 11 is 6.00. The van der Waals surface area contributed by atoms with Crippen molar-refractivity contribution in [1.82, 2.24) is 15.0 Å². The van der Waals surface area contributed by atoms with Crippen molar-refractivity contribution in [1.29, 1.82) is 0 Å². The summed E-state index contributed by atoms with van der Waals surface area (Å²) in [5.74, 6) is 0.792. The highest BCUT2D eigenvalue weighted by molar-refractivity contribution is 6.30. The molecule has 1 aliphatic rings. The van der Waals surface area contributed by atoms with Gasteiger partial charge in [0.25, 0.3) is 0 Å². The van der Waals surface area contributed by atoms with Gasteiger partial charge in [0.05, 0.1) is 5.56 Å². The molecule has 5 aromatic rings. The fourth-order valence-corrected chi connectivity index (χ4v) is 5.10. The van der Waals surface area contributed by atoms with Gasteiger partial charge >= 0.3 is 0 Å². The van der Waals surface area contributed by atoms with Crippen molar-refractivity contribution >= 4 is 11.6 Å². The van der Waals surface area contributed by atoms with E-state index >= 15 is 0 Å². The van der Waals surface area contributed by atoms with Crippen LogP contribution in [-0.2, 0) is 5.41 Å². The topological polar surface area (TPSA) is 38.7 Å². The first-order valence-electron chi connectivity index (χ1n) is 11.4. The minimum atomic E-state index is -0.474. The van der Waals surface area contributed by atoms with Crippen LogP contribution in [0.5, 0.6) is 0 Å². The Hall–Kier alpha value is -3.89. The van der Waals surface area contributed by atoms with Gasteiger partial charge in [0.2, 0.25) is 0 Å². The average molecular weight is 478 g/mol. The third-order valence-electron chi connectivity index (χ3n) is 6.69. The molecule has 0 aliphatic heterocycles. The summed E-state index contributed by atoms with van der Waals surface area (Å²) in [5.41, 5.74) is 6.63. The number of hydrogen-bond donors (Lipinski definition) is 0. The molecule has 0 amide bonds. The molecule has 170 valence electrons. The van der Waals surface area contributed by atoms with Crippen LogP contribution in [0, 0.1) is 5.82 Å². The molecule has 1 heterocycles. The van der Waals surface area contributed by atoms with E-state index in [1.807, 2.05) is 42.5 Å². The normalized spacial score (nSPS) is 13.4. The van der Waals surface area contributed by atoms with Crippen LogP contribution in [0.25, 0.3) is 45.3 Å². The molecule has 0 bridgehead atoms. The molecule has 35 heavy (non-hydrogen) atoms. The van der Waals surface area contributed by atoms with Crippen molar-refractivity contribution in [2.45, 2.75) is 19.3 Å². The first kappa shape index (κ1) is 21.6. The Morgan fingerprint density at radius 1 is 0.629 bits per heavy atom. The molecular formula is C30H21ClFN3. The van der Waals surface area contributed by atoms with Gasteiger partial charge in [-0.1, -0.05) is 98.2 Å². The molecule has 5 heteroatoms. The van der Waals surface area contributed by atoms with Crippen molar-refractivity contribution in [2.24, 2.45) is 0 Å². The summed E-state index contributed by atoms with van der Waals surface area (Å²) in [6, 6.07) is 28.9. The van der Waals surface area contributed by atoms with Gasteiger partial charge in [-0.15, -0.1) is 0 Å². The van der Waals surface area contributed by atoms with E-state index in [9.17, 15) is 4.39 Å². The van der Waals surface area contributed by atoms with Gasteiger partial charge in [0.15, 0.2) is 17.5 Å². The van der Waals surface area contributed by atoms with Crippen LogP contribution in [0.4, 0.5) is 4.39 Å². The average Bonchev–Trinajstić information content (AvgIpc) is 3.11. The largest absolute Gasteiger partial charge is 0.208 e. The smallest absolute Gasteiger partial charge is 0.167 e. The van der Waals surface area contributed by atoms with E-state index in [-0.39, 0.29) is 16.8 Å². The fourth-order valence-electron chi connectivity index (χ4n) is 4.94. The Morgan fingerprint density at radius 3 is 2.03 bits per heavy atom. The van der Waals surface area contributed by atoms with Crippen molar-refractivity contribution in [3.05, 3.63) is 113 Å². The maximum atomic E-state index is 14.9. The summed E-state index contributed by atoms with van der Waals surface area (Å²) in [4.78, 5) is 14.3. The minimum Gasteiger partial charge on any atom is -0.208 e. The molecule has 1 aromatic heterocycles. The predicted molar refractivity (Wildman–Crippen MR) is 139 cm³/mol. The Bertz CT molecular complexity index is 1600. The summed E-state index contributed by atoms with van der Waals surface area (Å²) < 4.78 is 14.9.